The van der Waals surface area contributed by atoms with Crippen LogP contribution in [0.15, 0.2) is 29.3 Å². The van der Waals surface area contributed by atoms with E-state index < -0.39 is 10.0 Å². The van der Waals surface area contributed by atoms with E-state index in [1.807, 2.05) is 16.7 Å². The molecule has 0 unspecified atom stereocenters. The number of benzene rings is 1. The number of aryl methyl sites for hydroxylation is 1. The number of nitrogens with two attached hydrogens (primary N) is 1. The van der Waals surface area contributed by atoms with Crippen molar-refractivity contribution in [3.05, 3.63) is 24.4 Å². The van der Waals surface area contributed by atoms with E-state index in [1.54, 1.807) is 19.4 Å². The fourth-order valence-electron chi connectivity index (χ4n) is 2.23. The van der Waals surface area contributed by atoms with Crippen molar-refractivity contribution in [1.29, 1.82) is 0 Å². The molecular formula is C13H18N2O4S. The van der Waals surface area contributed by atoms with Crippen molar-refractivity contribution < 1.29 is 17.9 Å². The van der Waals surface area contributed by atoms with E-state index >= 15 is 0 Å². The van der Waals surface area contributed by atoms with Crippen LogP contribution in [0, 0.1) is 0 Å². The standard InChI is InChI=1S/C13H18N2O4S/c1-18-8-4-7-15-9-12(20(14,16)17)13-10(15)5-3-6-11(13)19-2/h3,5-6,9H,4,7-8H2,1-2H3,(H2,14,16,17). The molecule has 2 N–H and O–H groups in total. The molecule has 1 aromatic carbocycles. The predicted molar refractivity (Wildman–Crippen MR) is 76.4 cm³/mol. The van der Waals surface area contributed by atoms with Gasteiger partial charge in [-0.3, -0.25) is 0 Å². The van der Waals surface area contributed by atoms with E-state index in [9.17, 15) is 8.42 Å². The van der Waals surface area contributed by atoms with Crippen LogP contribution in [-0.4, -0.2) is 33.8 Å². The zero-order valence-corrected chi connectivity index (χ0v) is 12.3. The molecule has 0 saturated carbocycles. The Hall–Kier alpha value is -1.57. The molecule has 0 radical (unpaired) electrons. The molecule has 0 saturated heterocycles. The number of primary sulfonamides is 1. The van der Waals surface area contributed by atoms with Crippen LogP contribution in [0.25, 0.3) is 10.9 Å². The van der Waals surface area contributed by atoms with Crippen molar-refractivity contribution in [1.82, 2.24) is 4.57 Å². The van der Waals surface area contributed by atoms with Crippen LogP contribution in [-0.2, 0) is 21.3 Å². The second kappa shape index (κ2) is 5.82. The van der Waals surface area contributed by atoms with E-state index in [4.69, 9.17) is 14.6 Å². The Kier molecular flexibility index (Phi) is 4.32. The maximum atomic E-state index is 11.7. The summed E-state index contributed by atoms with van der Waals surface area (Å²) in [5.41, 5.74) is 0.782. The summed E-state index contributed by atoms with van der Waals surface area (Å²) in [6.45, 7) is 1.25. The van der Waals surface area contributed by atoms with E-state index in [1.165, 1.54) is 7.11 Å². The number of rotatable bonds is 6. The molecule has 0 amide bonds. The molecular weight excluding hydrogens is 280 g/mol. The number of hydrogen-bond donors (Lipinski definition) is 1. The normalized spacial score (nSPS) is 11.9. The molecule has 0 bridgehead atoms. The topological polar surface area (TPSA) is 83.5 Å². The zero-order chi connectivity index (χ0) is 14.8. The highest BCUT2D eigenvalue weighted by Gasteiger charge is 2.20. The zero-order valence-electron chi connectivity index (χ0n) is 11.5. The van der Waals surface area contributed by atoms with Crippen molar-refractivity contribution in [3.63, 3.8) is 0 Å². The molecule has 20 heavy (non-hydrogen) atoms. The molecule has 0 aliphatic heterocycles. The Morgan fingerprint density at radius 2 is 2.05 bits per heavy atom. The third-order valence-corrected chi connectivity index (χ3v) is 4.03. The summed E-state index contributed by atoms with van der Waals surface area (Å²) in [6.07, 6.45) is 2.33. The first-order chi connectivity index (χ1) is 9.49. The average Bonchev–Trinajstić information content (AvgIpc) is 2.78. The molecule has 0 spiro atoms. The van der Waals surface area contributed by atoms with Crippen LogP contribution in [0.2, 0.25) is 0 Å². The third-order valence-electron chi connectivity index (χ3n) is 3.11. The quantitative estimate of drug-likeness (QED) is 0.816. The lowest BCUT2D eigenvalue weighted by atomic mass is 10.2. The molecule has 1 heterocycles. The van der Waals surface area contributed by atoms with Crippen molar-refractivity contribution in [2.24, 2.45) is 5.14 Å². The minimum atomic E-state index is -3.80. The van der Waals surface area contributed by atoms with Gasteiger partial charge >= 0.3 is 0 Å². The molecule has 2 rings (SSSR count). The Morgan fingerprint density at radius 3 is 2.65 bits per heavy atom. The van der Waals surface area contributed by atoms with Gasteiger partial charge in [-0.15, -0.1) is 0 Å². The summed E-state index contributed by atoms with van der Waals surface area (Å²) in [6, 6.07) is 5.39. The van der Waals surface area contributed by atoms with Gasteiger partial charge in [0.05, 0.1) is 18.0 Å². The van der Waals surface area contributed by atoms with Gasteiger partial charge in [0.25, 0.3) is 0 Å². The van der Waals surface area contributed by atoms with Gasteiger partial charge in [-0.1, -0.05) is 6.07 Å². The molecule has 0 atom stereocenters. The SMILES string of the molecule is COCCCn1cc(S(N)(=O)=O)c2c(OC)cccc21. The number of hydrogen-bond acceptors (Lipinski definition) is 4. The summed E-state index contributed by atoms with van der Waals surface area (Å²) < 4.78 is 35.6. The number of aromatic nitrogens is 1. The lowest BCUT2D eigenvalue weighted by Crippen LogP contribution is -2.11. The van der Waals surface area contributed by atoms with E-state index in [2.05, 4.69) is 0 Å². The summed E-state index contributed by atoms with van der Waals surface area (Å²) in [7, 11) is -0.668. The van der Waals surface area contributed by atoms with Crippen LogP contribution in [0.4, 0.5) is 0 Å². The monoisotopic (exact) mass is 298 g/mol. The van der Waals surface area contributed by atoms with Crippen LogP contribution in [0.5, 0.6) is 5.75 Å². The van der Waals surface area contributed by atoms with E-state index in [0.717, 1.165) is 11.9 Å². The van der Waals surface area contributed by atoms with Crippen LogP contribution in [0.1, 0.15) is 6.42 Å². The second-order valence-electron chi connectivity index (χ2n) is 4.43. The van der Waals surface area contributed by atoms with Gasteiger partial charge in [-0.05, 0) is 18.6 Å². The van der Waals surface area contributed by atoms with Crippen LogP contribution < -0.4 is 9.88 Å². The van der Waals surface area contributed by atoms with E-state index in [0.29, 0.717) is 24.3 Å². The molecule has 1 aromatic heterocycles. The van der Waals surface area contributed by atoms with Gasteiger partial charge in [-0.2, -0.15) is 0 Å². The minimum Gasteiger partial charge on any atom is -0.496 e. The molecule has 7 heteroatoms. The second-order valence-corrected chi connectivity index (χ2v) is 5.96. The molecule has 0 aliphatic carbocycles. The first-order valence-electron chi connectivity index (χ1n) is 6.16. The Balaban J connectivity index is 2.61. The Bertz CT molecular complexity index is 706. The minimum absolute atomic E-state index is 0.0855. The third kappa shape index (κ3) is 2.79. The molecule has 6 nitrogen and oxygen atoms in total. The number of fused-ring (bicyclic) bond motifs is 1. The average molecular weight is 298 g/mol. The van der Waals surface area contributed by atoms with Gasteiger partial charge in [0, 0.05) is 26.5 Å². The van der Waals surface area contributed by atoms with Crippen molar-refractivity contribution in [3.8, 4) is 5.75 Å². The summed E-state index contributed by atoms with van der Waals surface area (Å²) in [5.74, 6) is 0.497. The lowest BCUT2D eigenvalue weighted by Gasteiger charge is -2.06. The highest BCUT2D eigenvalue weighted by atomic mass is 32.2. The van der Waals surface area contributed by atoms with Gasteiger partial charge in [-0.25, -0.2) is 13.6 Å². The van der Waals surface area contributed by atoms with Gasteiger partial charge < -0.3 is 14.0 Å². The Labute approximate surface area is 118 Å². The van der Waals surface area contributed by atoms with Gasteiger partial charge in [0.15, 0.2) is 0 Å². The largest absolute Gasteiger partial charge is 0.496 e. The van der Waals surface area contributed by atoms with Crippen LogP contribution in [0.3, 0.4) is 0 Å². The molecule has 2 aromatic rings. The molecule has 0 aliphatic rings. The maximum absolute atomic E-state index is 11.7. The fourth-order valence-corrected chi connectivity index (χ4v) is 3.00. The number of methoxy groups -OCH3 is 2. The van der Waals surface area contributed by atoms with Crippen molar-refractivity contribution >= 4 is 20.9 Å². The Morgan fingerprint density at radius 1 is 1.30 bits per heavy atom. The molecule has 0 fully saturated rings. The summed E-state index contributed by atoms with van der Waals surface area (Å²) in [5, 5.41) is 5.82. The number of nitrogens with zero attached hydrogens (tertiary/aromatic N) is 1. The van der Waals surface area contributed by atoms with Gasteiger partial charge in [0.2, 0.25) is 10.0 Å². The lowest BCUT2D eigenvalue weighted by molar-refractivity contribution is 0.190. The highest BCUT2D eigenvalue weighted by molar-refractivity contribution is 7.89. The number of sulfonamides is 1. The van der Waals surface area contributed by atoms with E-state index in [-0.39, 0.29) is 4.90 Å². The predicted octanol–water partition coefficient (Wildman–Crippen LogP) is 1.33. The molecule has 110 valence electrons. The van der Waals surface area contributed by atoms with Crippen LogP contribution >= 0.6 is 0 Å². The first-order valence-corrected chi connectivity index (χ1v) is 7.71. The van der Waals surface area contributed by atoms with Crippen molar-refractivity contribution in [2.75, 3.05) is 20.8 Å². The van der Waals surface area contributed by atoms with Gasteiger partial charge in [0.1, 0.15) is 10.6 Å². The fraction of sp³-hybridized carbons (Fsp3) is 0.385. The maximum Gasteiger partial charge on any atom is 0.240 e. The highest BCUT2D eigenvalue weighted by Crippen LogP contribution is 2.32. The summed E-state index contributed by atoms with van der Waals surface area (Å²) >= 11 is 0. The number of ether oxygens (including phenoxy) is 2. The first kappa shape index (κ1) is 14.8. The van der Waals surface area contributed by atoms with Crippen molar-refractivity contribution in [2.45, 2.75) is 17.9 Å². The smallest absolute Gasteiger partial charge is 0.240 e. The summed E-state index contributed by atoms with van der Waals surface area (Å²) in [4.78, 5) is 0.0855.